The number of carbonyl (C=O) groups excluding carboxylic acids is 2. The van der Waals surface area contributed by atoms with E-state index < -0.39 is 59.7 Å². The van der Waals surface area contributed by atoms with E-state index in [2.05, 4.69) is 4.74 Å². The minimum absolute atomic E-state index is 0.0901. The molecule has 1 fully saturated rings. The number of amides is 1. The zero-order valence-electron chi connectivity index (χ0n) is 16.0. The lowest BCUT2D eigenvalue weighted by atomic mass is 9.72. The second-order valence-corrected chi connectivity index (χ2v) is 6.87. The summed E-state index contributed by atoms with van der Waals surface area (Å²) >= 11 is 0. The van der Waals surface area contributed by atoms with Crippen LogP contribution in [0, 0.1) is 17.6 Å². The van der Waals surface area contributed by atoms with Gasteiger partial charge in [-0.05, 0) is 17.7 Å². The molecule has 1 amide bonds. The summed E-state index contributed by atoms with van der Waals surface area (Å²) in [6.07, 6.45) is -0.910. The summed E-state index contributed by atoms with van der Waals surface area (Å²) in [6.45, 7) is -1.18. The molecule has 2 unspecified atom stereocenters. The SMILES string of the molecule is COC(=O)C1CN(C(=O)OCc2ccccc2)CC1(C(=O)O)c1c(F)cccc1F. The van der Waals surface area contributed by atoms with E-state index in [1.165, 1.54) is 0 Å². The quantitative estimate of drug-likeness (QED) is 0.750. The first-order valence-corrected chi connectivity index (χ1v) is 9.02. The van der Waals surface area contributed by atoms with Crippen LogP contribution >= 0.6 is 0 Å². The number of esters is 1. The van der Waals surface area contributed by atoms with Crippen molar-refractivity contribution in [3.63, 3.8) is 0 Å². The molecule has 0 bridgehead atoms. The molecule has 2 aromatic rings. The summed E-state index contributed by atoms with van der Waals surface area (Å²) in [4.78, 5) is 38.2. The van der Waals surface area contributed by atoms with Crippen molar-refractivity contribution in [2.75, 3.05) is 20.2 Å². The second kappa shape index (κ2) is 8.48. The van der Waals surface area contributed by atoms with Crippen molar-refractivity contribution in [2.24, 2.45) is 5.92 Å². The molecule has 2 aromatic carbocycles. The lowest BCUT2D eigenvalue weighted by Crippen LogP contribution is -2.48. The highest BCUT2D eigenvalue weighted by Crippen LogP contribution is 2.43. The lowest BCUT2D eigenvalue weighted by molar-refractivity contribution is -0.155. The van der Waals surface area contributed by atoms with E-state index in [9.17, 15) is 28.3 Å². The zero-order valence-corrected chi connectivity index (χ0v) is 16.0. The van der Waals surface area contributed by atoms with Gasteiger partial charge in [0, 0.05) is 18.7 Å². The summed E-state index contributed by atoms with van der Waals surface area (Å²) in [7, 11) is 1.03. The van der Waals surface area contributed by atoms with Crippen molar-refractivity contribution >= 4 is 18.0 Å². The van der Waals surface area contributed by atoms with Crippen molar-refractivity contribution in [3.05, 3.63) is 71.3 Å². The van der Waals surface area contributed by atoms with E-state index in [4.69, 9.17) is 4.74 Å². The highest BCUT2D eigenvalue weighted by atomic mass is 19.1. The predicted octanol–water partition coefficient (Wildman–Crippen LogP) is 2.73. The summed E-state index contributed by atoms with van der Waals surface area (Å²) < 4.78 is 39.0. The van der Waals surface area contributed by atoms with Crippen LogP contribution in [-0.2, 0) is 31.1 Å². The fourth-order valence-electron chi connectivity index (χ4n) is 3.72. The molecule has 1 aliphatic rings. The molecule has 0 aromatic heterocycles. The number of likely N-dealkylation sites (tertiary alicyclic amines) is 1. The van der Waals surface area contributed by atoms with Gasteiger partial charge in [-0.25, -0.2) is 13.6 Å². The molecule has 1 saturated heterocycles. The number of halogens is 2. The van der Waals surface area contributed by atoms with E-state index in [1.807, 2.05) is 0 Å². The number of methoxy groups -OCH3 is 1. The molecule has 0 spiro atoms. The molecular weight excluding hydrogens is 400 g/mol. The minimum atomic E-state index is -2.37. The molecule has 0 radical (unpaired) electrons. The Balaban J connectivity index is 1.96. The van der Waals surface area contributed by atoms with Crippen molar-refractivity contribution < 1.29 is 37.7 Å². The second-order valence-electron chi connectivity index (χ2n) is 6.87. The third kappa shape index (κ3) is 3.70. The van der Waals surface area contributed by atoms with Gasteiger partial charge in [0.2, 0.25) is 0 Å². The first-order chi connectivity index (χ1) is 14.3. The standard InChI is InChI=1S/C21H19F2NO6/c1-29-18(25)14-10-24(20(28)30-11-13-6-3-2-4-7-13)12-21(14,19(26)27)17-15(22)8-5-9-16(17)23/h2-9,14H,10-12H2,1H3,(H,26,27). The van der Waals surface area contributed by atoms with Crippen LogP contribution in [0.15, 0.2) is 48.5 Å². The van der Waals surface area contributed by atoms with Gasteiger partial charge < -0.3 is 19.5 Å². The molecule has 0 aliphatic carbocycles. The number of nitrogens with zero attached hydrogens (tertiary/aromatic N) is 1. The van der Waals surface area contributed by atoms with Gasteiger partial charge in [0.25, 0.3) is 0 Å². The van der Waals surface area contributed by atoms with Crippen molar-refractivity contribution in [1.82, 2.24) is 4.90 Å². The molecular formula is C21H19F2NO6. The number of hydrogen-bond donors (Lipinski definition) is 1. The molecule has 1 aliphatic heterocycles. The summed E-state index contributed by atoms with van der Waals surface area (Å²) in [6, 6.07) is 11.6. The number of aliphatic carboxylic acids is 1. The van der Waals surface area contributed by atoms with E-state index in [0.29, 0.717) is 5.56 Å². The van der Waals surface area contributed by atoms with Crippen LogP contribution in [0.1, 0.15) is 11.1 Å². The minimum Gasteiger partial charge on any atom is -0.481 e. The van der Waals surface area contributed by atoms with Crippen LogP contribution in [0.5, 0.6) is 0 Å². The molecule has 2 atom stereocenters. The molecule has 1 N–H and O–H groups in total. The summed E-state index contributed by atoms with van der Waals surface area (Å²) in [5, 5.41) is 9.97. The smallest absolute Gasteiger partial charge is 0.410 e. The average molecular weight is 419 g/mol. The third-order valence-corrected chi connectivity index (χ3v) is 5.18. The lowest BCUT2D eigenvalue weighted by Gasteiger charge is -2.29. The van der Waals surface area contributed by atoms with Gasteiger partial charge in [0.1, 0.15) is 23.7 Å². The van der Waals surface area contributed by atoms with E-state index in [0.717, 1.165) is 30.2 Å². The number of benzene rings is 2. The Hall–Kier alpha value is -3.49. The maximum Gasteiger partial charge on any atom is 0.410 e. The normalized spacial score (nSPS) is 20.6. The van der Waals surface area contributed by atoms with Gasteiger partial charge in [-0.1, -0.05) is 36.4 Å². The highest BCUT2D eigenvalue weighted by molar-refractivity contribution is 5.92. The average Bonchev–Trinajstić information content (AvgIpc) is 3.14. The predicted molar refractivity (Wildman–Crippen MR) is 99.4 cm³/mol. The Morgan fingerprint density at radius 2 is 1.73 bits per heavy atom. The molecule has 1 heterocycles. The van der Waals surface area contributed by atoms with Crippen LogP contribution in [0.2, 0.25) is 0 Å². The van der Waals surface area contributed by atoms with Crippen LogP contribution < -0.4 is 0 Å². The summed E-state index contributed by atoms with van der Waals surface area (Å²) in [5.74, 6) is -6.45. The number of ether oxygens (including phenoxy) is 2. The first-order valence-electron chi connectivity index (χ1n) is 9.02. The van der Waals surface area contributed by atoms with Gasteiger partial charge in [0.05, 0.1) is 13.0 Å². The Morgan fingerprint density at radius 3 is 2.30 bits per heavy atom. The number of carboxylic acids is 1. The first kappa shape index (κ1) is 21.2. The van der Waals surface area contributed by atoms with Crippen molar-refractivity contribution in [2.45, 2.75) is 12.0 Å². The highest BCUT2D eigenvalue weighted by Gasteiger charge is 2.60. The van der Waals surface area contributed by atoms with Gasteiger partial charge in [-0.3, -0.25) is 9.59 Å². The van der Waals surface area contributed by atoms with Crippen LogP contribution in [-0.4, -0.2) is 48.2 Å². The number of hydrogen-bond acceptors (Lipinski definition) is 5. The topological polar surface area (TPSA) is 93.1 Å². The van der Waals surface area contributed by atoms with Crippen LogP contribution in [0.25, 0.3) is 0 Å². The molecule has 9 heteroatoms. The molecule has 7 nitrogen and oxygen atoms in total. The van der Waals surface area contributed by atoms with Gasteiger partial charge in [-0.2, -0.15) is 0 Å². The Bertz CT molecular complexity index is 947. The molecule has 30 heavy (non-hydrogen) atoms. The van der Waals surface area contributed by atoms with Crippen molar-refractivity contribution in [1.29, 1.82) is 0 Å². The number of rotatable bonds is 5. The number of carbonyl (C=O) groups is 3. The molecule has 158 valence electrons. The van der Waals surface area contributed by atoms with Gasteiger partial charge >= 0.3 is 18.0 Å². The molecule has 0 saturated carbocycles. The van der Waals surface area contributed by atoms with E-state index in [-0.39, 0.29) is 6.61 Å². The monoisotopic (exact) mass is 419 g/mol. The van der Waals surface area contributed by atoms with E-state index >= 15 is 0 Å². The van der Waals surface area contributed by atoms with Crippen molar-refractivity contribution in [3.8, 4) is 0 Å². The Labute approximate surface area is 170 Å². The Kier molecular flexibility index (Phi) is 6.00. The zero-order chi connectivity index (χ0) is 21.9. The van der Waals surface area contributed by atoms with Gasteiger partial charge in [0.15, 0.2) is 0 Å². The van der Waals surface area contributed by atoms with Crippen LogP contribution in [0.4, 0.5) is 13.6 Å². The Morgan fingerprint density at radius 1 is 1.10 bits per heavy atom. The third-order valence-electron chi connectivity index (χ3n) is 5.18. The van der Waals surface area contributed by atoms with Gasteiger partial charge in [-0.15, -0.1) is 0 Å². The fourth-order valence-corrected chi connectivity index (χ4v) is 3.72. The maximum atomic E-state index is 14.6. The largest absolute Gasteiger partial charge is 0.481 e. The number of carboxylic acid groups (broad SMARTS) is 1. The maximum absolute atomic E-state index is 14.6. The fraction of sp³-hybridized carbons (Fsp3) is 0.286. The van der Waals surface area contributed by atoms with E-state index in [1.54, 1.807) is 30.3 Å². The molecule has 3 rings (SSSR count). The summed E-state index contributed by atoms with van der Waals surface area (Å²) in [5.41, 5.74) is -2.47. The van der Waals surface area contributed by atoms with Crippen LogP contribution in [0.3, 0.4) is 0 Å².